The number of pyridine rings is 1. The van der Waals surface area contributed by atoms with Crippen molar-refractivity contribution in [1.29, 1.82) is 0 Å². The Hall–Kier alpha value is -3.41. The molecule has 0 bridgehead atoms. The Labute approximate surface area is 168 Å². The summed E-state index contributed by atoms with van der Waals surface area (Å²) in [5, 5.41) is 3.49. The van der Waals surface area contributed by atoms with Crippen molar-refractivity contribution >= 4 is 21.5 Å². The highest BCUT2D eigenvalue weighted by atomic mass is 16.5. The van der Waals surface area contributed by atoms with Crippen LogP contribution in [-0.2, 0) is 7.05 Å². The van der Waals surface area contributed by atoms with Crippen molar-refractivity contribution < 1.29 is 18.9 Å². The third-order valence-corrected chi connectivity index (χ3v) is 5.60. The van der Waals surface area contributed by atoms with Crippen LogP contribution in [0, 0.1) is 6.92 Å². The average Bonchev–Trinajstić information content (AvgIpc) is 2.74. The van der Waals surface area contributed by atoms with E-state index in [-0.39, 0.29) is 5.43 Å². The second-order valence-electron chi connectivity index (χ2n) is 6.92. The van der Waals surface area contributed by atoms with Gasteiger partial charge >= 0.3 is 0 Å². The summed E-state index contributed by atoms with van der Waals surface area (Å²) in [6, 6.07) is 9.19. The van der Waals surface area contributed by atoms with Crippen LogP contribution in [0.3, 0.4) is 0 Å². The van der Waals surface area contributed by atoms with Crippen molar-refractivity contribution in [2.45, 2.75) is 6.92 Å². The maximum Gasteiger partial charge on any atom is 0.189 e. The maximum absolute atomic E-state index is 13.2. The largest absolute Gasteiger partial charge is 0.493 e. The highest BCUT2D eigenvalue weighted by molar-refractivity contribution is 6.08. The lowest BCUT2D eigenvalue weighted by atomic mass is 9.93. The van der Waals surface area contributed by atoms with Gasteiger partial charge in [-0.3, -0.25) is 4.79 Å². The quantitative estimate of drug-likeness (QED) is 0.488. The van der Waals surface area contributed by atoms with Gasteiger partial charge in [0.25, 0.3) is 0 Å². The molecule has 6 nitrogen and oxygen atoms in total. The zero-order valence-electron chi connectivity index (χ0n) is 17.4. The highest BCUT2D eigenvalue weighted by Gasteiger charge is 2.23. The van der Waals surface area contributed by atoms with Gasteiger partial charge in [0.15, 0.2) is 28.4 Å². The molecule has 0 N–H and O–H groups in total. The zero-order chi connectivity index (χ0) is 20.9. The molecule has 0 atom stereocenters. The van der Waals surface area contributed by atoms with Crippen molar-refractivity contribution in [1.82, 2.24) is 4.57 Å². The van der Waals surface area contributed by atoms with Crippen molar-refractivity contribution in [3.63, 3.8) is 0 Å². The van der Waals surface area contributed by atoms with Gasteiger partial charge in [-0.2, -0.15) is 0 Å². The van der Waals surface area contributed by atoms with Crippen molar-refractivity contribution in [3.8, 4) is 34.3 Å². The molecule has 1 aliphatic heterocycles. The van der Waals surface area contributed by atoms with Crippen molar-refractivity contribution in [2.24, 2.45) is 7.05 Å². The van der Waals surface area contributed by atoms with Gasteiger partial charge in [-0.1, -0.05) is 0 Å². The zero-order valence-corrected chi connectivity index (χ0v) is 17.4. The molecule has 1 heterocycles. The van der Waals surface area contributed by atoms with Gasteiger partial charge in [0, 0.05) is 28.9 Å². The monoisotopic (exact) mass is 393 g/mol. The van der Waals surface area contributed by atoms with Crippen LogP contribution in [0.4, 0.5) is 0 Å². The van der Waals surface area contributed by atoms with Gasteiger partial charge in [-0.05, 0) is 42.6 Å². The SMILES string of the molecule is COc1cc2cc(=O)c3c4cc(OC)c(OC)cc4c(C)n(C)c-3c2cc1OC. The van der Waals surface area contributed by atoms with Crippen LogP contribution in [0.5, 0.6) is 23.0 Å². The Morgan fingerprint density at radius 3 is 1.72 bits per heavy atom. The van der Waals surface area contributed by atoms with Crippen LogP contribution in [0.15, 0.2) is 35.1 Å². The number of benzene rings is 3. The molecule has 1 aliphatic carbocycles. The van der Waals surface area contributed by atoms with E-state index in [1.807, 2.05) is 42.8 Å². The van der Waals surface area contributed by atoms with Gasteiger partial charge < -0.3 is 23.5 Å². The fourth-order valence-electron chi connectivity index (χ4n) is 4.03. The molecule has 4 rings (SSSR count). The molecule has 6 heteroatoms. The molecule has 0 aromatic heterocycles. The summed E-state index contributed by atoms with van der Waals surface area (Å²) in [6.45, 7) is 2.03. The Kier molecular flexibility index (Phi) is 4.49. The lowest BCUT2D eigenvalue weighted by Gasteiger charge is -2.22. The Balaban J connectivity index is 2.26. The van der Waals surface area contributed by atoms with E-state index < -0.39 is 0 Å². The van der Waals surface area contributed by atoms with E-state index in [0.717, 1.165) is 32.9 Å². The van der Waals surface area contributed by atoms with Gasteiger partial charge in [-0.15, -0.1) is 0 Å². The van der Waals surface area contributed by atoms with E-state index in [1.54, 1.807) is 34.5 Å². The average molecular weight is 393 g/mol. The first-order valence-electron chi connectivity index (χ1n) is 9.18. The molecule has 2 aliphatic rings. The van der Waals surface area contributed by atoms with Crippen LogP contribution < -0.4 is 24.4 Å². The molecule has 0 radical (unpaired) electrons. The van der Waals surface area contributed by atoms with Gasteiger partial charge in [0.1, 0.15) is 0 Å². The third kappa shape index (κ3) is 2.67. The van der Waals surface area contributed by atoms with Crippen LogP contribution in [0.25, 0.3) is 32.8 Å². The number of aromatic nitrogens is 1. The van der Waals surface area contributed by atoms with Gasteiger partial charge in [0.2, 0.25) is 0 Å². The second-order valence-corrected chi connectivity index (χ2v) is 6.92. The molecule has 0 spiro atoms. The molecule has 150 valence electrons. The number of hydrogen-bond donors (Lipinski definition) is 0. The number of aryl methyl sites for hydroxylation is 1. The van der Waals surface area contributed by atoms with E-state index >= 15 is 0 Å². The molecule has 2 aromatic carbocycles. The number of fused-ring (bicyclic) bond motifs is 5. The number of methoxy groups -OCH3 is 4. The normalized spacial score (nSPS) is 11.2. The summed E-state index contributed by atoms with van der Waals surface area (Å²) in [5.41, 5.74) is 2.42. The third-order valence-electron chi connectivity index (χ3n) is 5.60. The molecule has 2 aromatic rings. The molecule has 0 unspecified atom stereocenters. The molecule has 29 heavy (non-hydrogen) atoms. The van der Waals surface area contributed by atoms with E-state index in [1.165, 1.54) is 0 Å². The molecule has 0 amide bonds. The lowest BCUT2D eigenvalue weighted by molar-refractivity contribution is 0.356. The van der Waals surface area contributed by atoms with Crippen LogP contribution in [0.2, 0.25) is 0 Å². The Morgan fingerprint density at radius 1 is 0.690 bits per heavy atom. The molecule has 0 fully saturated rings. The standard InChI is InChI=1S/C23H23NO5/c1-12-14-9-19(27-4)21(29-6)11-16(14)22-17(25)7-13-8-18(26-3)20(28-5)10-15(13)23(22)24(12)2/h7-11H,1-6H3. The highest BCUT2D eigenvalue weighted by Crippen LogP contribution is 2.42. The second kappa shape index (κ2) is 6.88. The predicted molar refractivity (Wildman–Crippen MR) is 114 cm³/mol. The molecule has 0 saturated heterocycles. The number of nitrogens with zero attached hydrogens (tertiary/aromatic N) is 1. The summed E-state index contributed by atoms with van der Waals surface area (Å²) in [4.78, 5) is 13.2. The van der Waals surface area contributed by atoms with E-state index in [2.05, 4.69) is 0 Å². The Bertz CT molecular complexity index is 1290. The first-order valence-corrected chi connectivity index (χ1v) is 9.18. The van der Waals surface area contributed by atoms with E-state index in [9.17, 15) is 4.79 Å². The van der Waals surface area contributed by atoms with Crippen LogP contribution >= 0.6 is 0 Å². The minimum absolute atomic E-state index is 0.0625. The summed E-state index contributed by atoms with van der Waals surface area (Å²) in [7, 11) is 8.34. The number of hydrogen-bond acceptors (Lipinski definition) is 5. The number of ether oxygens (including phenoxy) is 4. The first kappa shape index (κ1) is 18.9. The molecular weight excluding hydrogens is 370 g/mol. The summed E-state index contributed by atoms with van der Waals surface area (Å²) < 4.78 is 23.9. The minimum atomic E-state index is -0.0625. The van der Waals surface area contributed by atoms with Crippen molar-refractivity contribution in [2.75, 3.05) is 28.4 Å². The maximum atomic E-state index is 13.2. The van der Waals surface area contributed by atoms with Crippen LogP contribution in [0.1, 0.15) is 5.69 Å². The smallest absolute Gasteiger partial charge is 0.189 e. The van der Waals surface area contributed by atoms with E-state index in [4.69, 9.17) is 18.9 Å². The first-order chi connectivity index (χ1) is 13.9. The summed E-state index contributed by atoms with van der Waals surface area (Å²) >= 11 is 0. The van der Waals surface area contributed by atoms with Crippen molar-refractivity contribution in [3.05, 3.63) is 46.2 Å². The fraction of sp³-hybridized carbons (Fsp3) is 0.261. The molecular formula is C23H23NO5. The fourth-order valence-corrected chi connectivity index (χ4v) is 4.03. The Morgan fingerprint density at radius 2 is 1.17 bits per heavy atom. The summed E-state index contributed by atoms with van der Waals surface area (Å²) in [6.07, 6.45) is 0. The van der Waals surface area contributed by atoms with E-state index in [0.29, 0.717) is 28.6 Å². The van der Waals surface area contributed by atoms with Gasteiger partial charge in [-0.25, -0.2) is 0 Å². The van der Waals surface area contributed by atoms with Gasteiger partial charge in [0.05, 0.1) is 39.7 Å². The number of rotatable bonds is 4. The predicted octanol–water partition coefficient (Wildman–Crippen LogP) is 4.14. The topological polar surface area (TPSA) is 58.9 Å². The summed E-state index contributed by atoms with van der Waals surface area (Å²) in [5.74, 6) is 2.42. The molecule has 0 saturated carbocycles. The minimum Gasteiger partial charge on any atom is -0.493 e. The lowest BCUT2D eigenvalue weighted by Crippen LogP contribution is -2.14. The van der Waals surface area contributed by atoms with Crippen LogP contribution in [-0.4, -0.2) is 33.0 Å².